The Morgan fingerprint density at radius 2 is 1.81 bits per heavy atom. The van der Waals surface area contributed by atoms with Crippen molar-refractivity contribution in [2.24, 2.45) is 11.5 Å². The second-order valence-corrected chi connectivity index (χ2v) is 9.12. The maximum Gasteiger partial charge on any atom is 0.416 e. The Balaban J connectivity index is 1.65. The Morgan fingerprint density at radius 3 is 2.50 bits per heavy atom. The minimum absolute atomic E-state index is 0.0000525. The normalized spacial score (nSPS) is 18.0. The van der Waals surface area contributed by atoms with Crippen molar-refractivity contribution in [3.05, 3.63) is 65.7 Å². The van der Waals surface area contributed by atoms with Gasteiger partial charge in [0.2, 0.25) is 11.8 Å². The van der Waals surface area contributed by atoms with Crippen molar-refractivity contribution in [3.63, 3.8) is 0 Å². The van der Waals surface area contributed by atoms with Crippen LogP contribution in [-0.2, 0) is 22.2 Å². The van der Waals surface area contributed by atoms with E-state index >= 15 is 0 Å². The number of carbonyl (C=O) groups excluding carboxylic acids is 2. The molecule has 0 radical (unpaired) electrons. The van der Waals surface area contributed by atoms with Crippen LogP contribution in [0.25, 0.3) is 0 Å². The predicted molar refractivity (Wildman–Crippen MR) is 133 cm³/mol. The lowest BCUT2D eigenvalue weighted by Crippen LogP contribution is -2.51. The molecule has 1 aliphatic rings. The molecule has 196 valence electrons. The molecule has 0 spiro atoms. The second kappa shape index (κ2) is 12.8. The minimum atomic E-state index is -4.54. The standard InChI is InChI=1S/C26H34F3N5O2/c27-26(28,29)19-8-4-9-20(16-19)32-25(36)23(12-11-18-6-2-1-3-7-18)33-24(35)22(31)13-15-34-14-5-10-21(34)17-30/h1-4,6-9,16,21-23H,5,10-15,17,30-31H2,(H,32,36)(H,33,35)/t21-,22-,23-/m0/s1. The van der Waals surface area contributed by atoms with Crippen molar-refractivity contribution in [2.45, 2.75) is 56.4 Å². The summed E-state index contributed by atoms with van der Waals surface area (Å²) in [6.07, 6.45) is -1.30. The zero-order valence-electron chi connectivity index (χ0n) is 20.1. The summed E-state index contributed by atoms with van der Waals surface area (Å²) in [6.45, 7) is 2.09. The molecule has 3 rings (SSSR count). The molecule has 0 aliphatic carbocycles. The van der Waals surface area contributed by atoms with Gasteiger partial charge in [-0.15, -0.1) is 0 Å². The largest absolute Gasteiger partial charge is 0.416 e. The average molecular weight is 506 g/mol. The van der Waals surface area contributed by atoms with Crippen LogP contribution < -0.4 is 22.1 Å². The number of hydrogen-bond donors (Lipinski definition) is 4. The molecule has 1 aliphatic heterocycles. The number of hydrogen-bond acceptors (Lipinski definition) is 5. The molecule has 0 unspecified atom stereocenters. The fourth-order valence-electron chi connectivity index (χ4n) is 4.40. The van der Waals surface area contributed by atoms with E-state index in [-0.39, 0.29) is 18.2 Å². The van der Waals surface area contributed by atoms with Gasteiger partial charge in [-0.3, -0.25) is 14.5 Å². The molecule has 1 heterocycles. The number of benzene rings is 2. The van der Waals surface area contributed by atoms with E-state index in [2.05, 4.69) is 15.5 Å². The lowest BCUT2D eigenvalue weighted by molar-refractivity contribution is -0.137. The predicted octanol–water partition coefficient (Wildman–Crippen LogP) is 2.90. The number of likely N-dealkylation sites (tertiary alicyclic amines) is 1. The van der Waals surface area contributed by atoms with E-state index < -0.39 is 35.6 Å². The Kier molecular flexibility index (Phi) is 9.86. The molecule has 0 saturated carbocycles. The van der Waals surface area contributed by atoms with E-state index in [4.69, 9.17) is 11.5 Å². The fraction of sp³-hybridized carbons (Fsp3) is 0.462. The van der Waals surface area contributed by atoms with Gasteiger partial charge in [0.05, 0.1) is 11.6 Å². The molecule has 10 heteroatoms. The van der Waals surface area contributed by atoms with E-state index in [0.29, 0.717) is 25.9 Å². The highest BCUT2D eigenvalue weighted by molar-refractivity contribution is 5.97. The molecule has 7 nitrogen and oxygen atoms in total. The summed E-state index contributed by atoms with van der Waals surface area (Å²) >= 11 is 0. The van der Waals surface area contributed by atoms with Crippen LogP contribution in [0.1, 0.15) is 36.8 Å². The van der Waals surface area contributed by atoms with Crippen LogP contribution >= 0.6 is 0 Å². The molecule has 3 atom stereocenters. The first-order valence-corrected chi connectivity index (χ1v) is 12.2. The molecular formula is C26H34F3N5O2. The van der Waals surface area contributed by atoms with Crippen molar-refractivity contribution in [1.82, 2.24) is 10.2 Å². The molecule has 6 N–H and O–H groups in total. The summed E-state index contributed by atoms with van der Waals surface area (Å²) in [7, 11) is 0. The number of anilines is 1. The van der Waals surface area contributed by atoms with Gasteiger partial charge in [0.25, 0.3) is 0 Å². The van der Waals surface area contributed by atoms with Gasteiger partial charge in [0.1, 0.15) is 6.04 Å². The topological polar surface area (TPSA) is 113 Å². The SMILES string of the molecule is NC[C@@H]1CCCN1CC[C@H](N)C(=O)N[C@@H](CCc1ccccc1)C(=O)Nc1cccc(C(F)(F)F)c1. The summed E-state index contributed by atoms with van der Waals surface area (Å²) in [6, 6.07) is 12.3. The molecule has 36 heavy (non-hydrogen) atoms. The van der Waals surface area contributed by atoms with Crippen molar-refractivity contribution >= 4 is 17.5 Å². The zero-order chi connectivity index (χ0) is 26.1. The third-order valence-corrected chi connectivity index (χ3v) is 6.49. The summed E-state index contributed by atoms with van der Waals surface area (Å²) in [5.74, 6) is -1.08. The van der Waals surface area contributed by atoms with Gasteiger partial charge in [0, 0.05) is 24.8 Å². The number of alkyl halides is 3. The Hall–Kier alpha value is -2.95. The molecule has 1 fully saturated rings. The van der Waals surface area contributed by atoms with Gasteiger partial charge in [-0.25, -0.2) is 0 Å². The zero-order valence-corrected chi connectivity index (χ0v) is 20.1. The number of nitrogens with two attached hydrogens (primary N) is 2. The Bertz CT molecular complexity index is 1000. The molecule has 2 aromatic rings. The lowest BCUT2D eigenvalue weighted by Gasteiger charge is -2.25. The number of nitrogens with zero attached hydrogens (tertiary/aromatic N) is 1. The van der Waals surface area contributed by atoms with E-state index in [1.807, 2.05) is 30.3 Å². The van der Waals surface area contributed by atoms with Crippen LogP contribution in [0.15, 0.2) is 54.6 Å². The maximum absolute atomic E-state index is 13.1. The molecular weight excluding hydrogens is 471 g/mol. The molecule has 1 saturated heterocycles. The summed E-state index contributed by atoms with van der Waals surface area (Å²) in [5.41, 5.74) is 12.0. The van der Waals surface area contributed by atoms with Crippen LogP contribution in [0, 0.1) is 0 Å². The van der Waals surface area contributed by atoms with Gasteiger partial charge in [-0.2, -0.15) is 13.2 Å². The summed E-state index contributed by atoms with van der Waals surface area (Å²) in [5, 5.41) is 5.22. The highest BCUT2D eigenvalue weighted by atomic mass is 19.4. The quantitative estimate of drug-likeness (QED) is 0.375. The van der Waals surface area contributed by atoms with Crippen molar-refractivity contribution in [1.29, 1.82) is 0 Å². The van der Waals surface area contributed by atoms with E-state index in [9.17, 15) is 22.8 Å². The summed E-state index contributed by atoms with van der Waals surface area (Å²) < 4.78 is 39.2. The van der Waals surface area contributed by atoms with Gasteiger partial charge in [-0.1, -0.05) is 36.4 Å². The second-order valence-electron chi connectivity index (χ2n) is 9.12. The summed E-state index contributed by atoms with van der Waals surface area (Å²) in [4.78, 5) is 28.1. The molecule has 2 amide bonds. The number of halogens is 3. The van der Waals surface area contributed by atoms with Crippen LogP contribution in [-0.4, -0.2) is 54.5 Å². The minimum Gasteiger partial charge on any atom is -0.343 e. The fourth-order valence-corrected chi connectivity index (χ4v) is 4.40. The van der Waals surface area contributed by atoms with Crippen molar-refractivity contribution in [2.75, 3.05) is 25.0 Å². The third-order valence-electron chi connectivity index (χ3n) is 6.49. The number of nitrogens with one attached hydrogen (secondary N) is 2. The average Bonchev–Trinajstić information content (AvgIpc) is 3.32. The Labute approximate surface area is 209 Å². The first kappa shape index (κ1) is 27.6. The van der Waals surface area contributed by atoms with E-state index in [0.717, 1.165) is 37.1 Å². The van der Waals surface area contributed by atoms with E-state index in [1.165, 1.54) is 12.1 Å². The molecule has 0 aromatic heterocycles. The van der Waals surface area contributed by atoms with Crippen LogP contribution in [0.3, 0.4) is 0 Å². The molecule has 2 aromatic carbocycles. The highest BCUT2D eigenvalue weighted by Crippen LogP contribution is 2.30. The lowest BCUT2D eigenvalue weighted by atomic mass is 10.0. The van der Waals surface area contributed by atoms with E-state index in [1.54, 1.807) is 0 Å². The monoisotopic (exact) mass is 505 g/mol. The Morgan fingerprint density at radius 1 is 1.06 bits per heavy atom. The van der Waals surface area contributed by atoms with Crippen LogP contribution in [0.5, 0.6) is 0 Å². The smallest absolute Gasteiger partial charge is 0.343 e. The van der Waals surface area contributed by atoms with Crippen molar-refractivity contribution < 1.29 is 22.8 Å². The van der Waals surface area contributed by atoms with Crippen LogP contribution in [0.4, 0.5) is 18.9 Å². The van der Waals surface area contributed by atoms with Gasteiger partial charge in [-0.05, 0) is 62.4 Å². The number of carbonyl (C=O) groups is 2. The van der Waals surface area contributed by atoms with Gasteiger partial charge in [0.15, 0.2) is 0 Å². The number of amides is 2. The van der Waals surface area contributed by atoms with Crippen molar-refractivity contribution in [3.8, 4) is 0 Å². The first-order chi connectivity index (χ1) is 17.2. The number of rotatable bonds is 11. The van der Waals surface area contributed by atoms with Crippen LogP contribution in [0.2, 0.25) is 0 Å². The maximum atomic E-state index is 13.1. The van der Waals surface area contributed by atoms with Gasteiger partial charge < -0.3 is 22.1 Å². The number of aryl methyl sites for hydroxylation is 1. The third kappa shape index (κ3) is 8.04. The molecule has 0 bridgehead atoms. The first-order valence-electron chi connectivity index (χ1n) is 12.2. The highest BCUT2D eigenvalue weighted by Gasteiger charge is 2.31. The van der Waals surface area contributed by atoms with Gasteiger partial charge >= 0.3 is 6.18 Å².